The molecule has 0 aliphatic rings. The van der Waals surface area contributed by atoms with Crippen LogP contribution in [0.3, 0.4) is 0 Å². The quantitative estimate of drug-likeness (QED) is 0.297. The summed E-state index contributed by atoms with van der Waals surface area (Å²) in [6.45, 7) is 2.07. The van der Waals surface area contributed by atoms with E-state index in [-0.39, 0.29) is 5.97 Å². The van der Waals surface area contributed by atoms with Gasteiger partial charge < -0.3 is 4.74 Å². The molecule has 0 saturated heterocycles. The van der Waals surface area contributed by atoms with Crippen LogP contribution in [0.1, 0.15) is 32.9 Å². The van der Waals surface area contributed by atoms with E-state index in [0.29, 0.717) is 17.7 Å². The molecule has 5 nitrogen and oxygen atoms in total. The van der Waals surface area contributed by atoms with Crippen LogP contribution in [0.15, 0.2) is 84.0 Å². The monoisotopic (exact) mass is 429 g/mol. The Morgan fingerprint density at radius 3 is 2.42 bits per heavy atom. The number of nitrogens with zero attached hydrogens (tertiary/aromatic N) is 3. The minimum Gasteiger partial charge on any atom is -0.465 e. The molecule has 3 aromatic carbocycles. The number of hydrogen-bond donors (Lipinski definition) is 0. The Bertz CT molecular complexity index is 1170. The number of rotatable bonds is 7. The van der Waals surface area contributed by atoms with Crippen LogP contribution in [0.5, 0.6) is 0 Å². The van der Waals surface area contributed by atoms with E-state index in [4.69, 9.17) is 4.74 Å². The van der Waals surface area contributed by atoms with Gasteiger partial charge in [-0.05, 0) is 42.3 Å². The molecule has 4 rings (SSSR count). The van der Waals surface area contributed by atoms with Crippen molar-refractivity contribution in [3.63, 3.8) is 0 Å². The summed E-state index contributed by atoms with van der Waals surface area (Å²) < 4.78 is 6.94. The summed E-state index contributed by atoms with van der Waals surface area (Å²) in [6.07, 6.45) is 0.695. The normalized spacial score (nSPS) is 10.8. The molecular formula is C25H23N3O2S. The van der Waals surface area contributed by atoms with Crippen LogP contribution in [0.2, 0.25) is 0 Å². The third kappa shape index (κ3) is 5.03. The number of carbonyl (C=O) groups is 1. The molecule has 0 aliphatic heterocycles. The second-order valence-corrected chi connectivity index (χ2v) is 8.16. The van der Waals surface area contributed by atoms with Gasteiger partial charge >= 0.3 is 5.97 Å². The van der Waals surface area contributed by atoms with Crippen LogP contribution in [0.4, 0.5) is 0 Å². The number of ether oxygens (including phenoxy) is 1. The summed E-state index contributed by atoms with van der Waals surface area (Å²) in [7, 11) is 1.39. The molecule has 0 radical (unpaired) electrons. The molecule has 0 bridgehead atoms. The highest BCUT2D eigenvalue weighted by Gasteiger charge is 2.15. The molecule has 156 valence electrons. The van der Waals surface area contributed by atoms with Gasteiger partial charge in [0.05, 0.1) is 12.7 Å². The Balaban J connectivity index is 1.63. The van der Waals surface area contributed by atoms with Gasteiger partial charge in [0.2, 0.25) is 0 Å². The maximum Gasteiger partial charge on any atom is 0.337 e. The number of esters is 1. The topological polar surface area (TPSA) is 57.0 Å². The molecule has 0 saturated carbocycles. The molecule has 0 N–H and O–H groups in total. The molecule has 0 atom stereocenters. The van der Waals surface area contributed by atoms with Crippen molar-refractivity contribution in [3.8, 4) is 5.69 Å². The van der Waals surface area contributed by atoms with Gasteiger partial charge in [0, 0.05) is 17.9 Å². The Morgan fingerprint density at radius 2 is 1.68 bits per heavy atom. The number of hydrogen-bond acceptors (Lipinski definition) is 5. The maximum atomic E-state index is 11.8. The molecule has 1 aromatic heterocycles. The Hall–Kier alpha value is -3.38. The molecule has 0 aliphatic carbocycles. The number of aryl methyl sites for hydroxylation is 1. The van der Waals surface area contributed by atoms with E-state index in [1.54, 1.807) is 17.8 Å². The summed E-state index contributed by atoms with van der Waals surface area (Å²) in [5, 5.41) is 9.80. The molecule has 0 spiro atoms. The minimum atomic E-state index is -0.334. The number of carbonyl (C=O) groups excluding carboxylic acids is 1. The van der Waals surface area contributed by atoms with Gasteiger partial charge in [0.25, 0.3) is 0 Å². The first-order valence-electron chi connectivity index (χ1n) is 9.99. The van der Waals surface area contributed by atoms with Crippen molar-refractivity contribution < 1.29 is 9.53 Å². The lowest BCUT2D eigenvalue weighted by Crippen LogP contribution is -2.04. The fraction of sp³-hybridized carbons (Fsp3) is 0.160. The van der Waals surface area contributed by atoms with E-state index < -0.39 is 0 Å². The number of benzene rings is 3. The summed E-state index contributed by atoms with van der Waals surface area (Å²) in [5.41, 5.74) is 4.99. The first-order valence-corrected chi connectivity index (χ1v) is 11.0. The van der Waals surface area contributed by atoms with Gasteiger partial charge in [-0.3, -0.25) is 4.57 Å². The zero-order valence-corrected chi connectivity index (χ0v) is 18.3. The zero-order valence-electron chi connectivity index (χ0n) is 17.5. The molecule has 0 amide bonds. The number of aromatic nitrogens is 3. The molecule has 0 unspecified atom stereocenters. The van der Waals surface area contributed by atoms with E-state index in [1.165, 1.54) is 18.2 Å². The lowest BCUT2D eigenvalue weighted by molar-refractivity contribution is 0.0600. The van der Waals surface area contributed by atoms with Gasteiger partial charge in [0.15, 0.2) is 5.16 Å². The average molecular weight is 430 g/mol. The second kappa shape index (κ2) is 9.62. The second-order valence-electron chi connectivity index (χ2n) is 7.21. The van der Waals surface area contributed by atoms with Gasteiger partial charge in [-0.15, -0.1) is 10.2 Å². The SMILES string of the molecule is COC(=O)c1cccc(CSc2nnc(Cc3ccccc3)n2-c2ccc(C)cc2)c1. The first kappa shape index (κ1) is 20.9. The Kier molecular flexibility index (Phi) is 6.48. The van der Waals surface area contributed by atoms with Gasteiger partial charge in [-0.1, -0.05) is 71.9 Å². The van der Waals surface area contributed by atoms with Gasteiger partial charge in [0.1, 0.15) is 5.82 Å². The minimum absolute atomic E-state index is 0.334. The molecule has 0 fully saturated rings. The average Bonchev–Trinajstić information content (AvgIpc) is 3.21. The van der Waals surface area contributed by atoms with Crippen LogP contribution in [-0.2, 0) is 16.9 Å². The summed E-state index contributed by atoms with van der Waals surface area (Å²) in [5.74, 6) is 1.22. The van der Waals surface area contributed by atoms with Crippen molar-refractivity contribution in [2.24, 2.45) is 0 Å². The highest BCUT2D eigenvalue weighted by Crippen LogP contribution is 2.27. The Morgan fingerprint density at radius 1 is 0.935 bits per heavy atom. The van der Waals surface area contributed by atoms with Crippen molar-refractivity contribution in [3.05, 3.63) is 107 Å². The number of methoxy groups -OCH3 is 1. The molecule has 4 aromatic rings. The van der Waals surface area contributed by atoms with Crippen molar-refractivity contribution in [1.29, 1.82) is 0 Å². The third-order valence-corrected chi connectivity index (χ3v) is 5.91. The van der Waals surface area contributed by atoms with E-state index >= 15 is 0 Å². The lowest BCUT2D eigenvalue weighted by atomic mass is 10.1. The van der Waals surface area contributed by atoms with Crippen LogP contribution in [0.25, 0.3) is 5.69 Å². The molecule has 31 heavy (non-hydrogen) atoms. The van der Waals surface area contributed by atoms with E-state index in [9.17, 15) is 4.79 Å². The highest BCUT2D eigenvalue weighted by atomic mass is 32.2. The van der Waals surface area contributed by atoms with Crippen LogP contribution < -0.4 is 0 Å². The van der Waals surface area contributed by atoms with Crippen molar-refractivity contribution >= 4 is 17.7 Å². The van der Waals surface area contributed by atoms with Crippen LogP contribution in [-0.4, -0.2) is 27.8 Å². The van der Waals surface area contributed by atoms with Crippen molar-refractivity contribution in [2.45, 2.75) is 24.3 Å². The Labute approximate surface area is 186 Å². The fourth-order valence-corrected chi connectivity index (χ4v) is 4.21. The fourth-order valence-electron chi connectivity index (χ4n) is 3.29. The smallest absolute Gasteiger partial charge is 0.337 e. The van der Waals surface area contributed by atoms with Gasteiger partial charge in [-0.25, -0.2) is 4.79 Å². The first-order chi connectivity index (χ1) is 15.1. The van der Waals surface area contributed by atoms with E-state index in [2.05, 4.69) is 58.1 Å². The zero-order chi connectivity index (χ0) is 21.6. The van der Waals surface area contributed by atoms with Crippen molar-refractivity contribution in [1.82, 2.24) is 14.8 Å². The predicted molar refractivity (Wildman–Crippen MR) is 123 cm³/mol. The van der Waals surface area contributed by atoms with Gasteiger partial charge in [-0.2, -0.15) is 0 Å². The van der Waals surface area contributed by atoms with Crippen LogP contribution in [0, 0.1) is 6.92 Å². The third-order valence-electron chi connectivity index (χ3n) is 4.91. The molecular weight excluding hydrogens is 406 g/mol. The van der Waals surface area contributed by atoms with E-state index in [1.807, 2.05) is 36.4 Å². The summed E-state index contributed by atoms with van der Waals surface area (Å²) >= 11 is 1.60. The molecule has 6 heteroatoms. The predicted octanol–water partition coefficient (Wildman–Crippen LogP) is 5.25. The summed E-state index contributed by atoms with van der Waals surface area (Å²) in [6, 6.07) is 26.1. The van der Waals surface area contributed by atoms with Crippen LogP contribution >= 0.6 is 11.8 Å². The highest BCUT2D eigenvalue weighted by molar-refractivity contribution is 7.98. The standard InChI is InChI=1S/C25H23N3O2S/c1-18-11-13-22(14-12-18)28-23(16-19-7-4-3-5-8-19)26-27-25(28)31-17-20-9-6-10-21(15-20)24(29)30-2/h3-15H,16-17H2,1-2H3. The molecule has 1 heterocycles. The largest absolute Gasteiger partial charge is 0.465 e. The number of thioether (sulfide) groups is 1. The van der Waals surface area contributed by atoms with Crippen molar-refractivity contribution in [2.75, 3.05) is 7.11 Å². The summed E-state index contributed by atoms with van der Waals surface area (Å²) in [4.78, 5) is 11.8. The maximum absolute atomic E-state index is 11.8. The van der Waals surface area contributed by atoms with E-state index in [0.717, 1.165) is 22.2 Å². The lowest BCUT2D eigenvalue weighted by Gasteiger charge is -2.11.